The van der Waals surface area contributed by atoms with E-state index in [1.165, 1.54) is 0 Å². The van der Waals surface area contributed by atoms with Crippen molar-refractivity contribution in [3.63, 3.8) is 0 Å². The van der Waals surface area contributed by atoms with Crippen LogP contribution in [-0.2, 0) is 6.42 Å². The molecule has 0 bridgehead atoms. The van der Waals surface area contributed by atoms with Gasteiger partial charge in [-0.05, 0) is 30.7 Å². The number of halogens is 1. The number of carbonyl (C=O) groups is 1. The molecule has 0 unspecified atom stereocenters. The second-order valence-corrected chi connectivity index (χ2v) is 3.94. The van der Waals surface area contributed by atoms with Crippen LogP contribution in [0.3, 0.4) is 0 Å². The molecule has 0 aliphatic carbocycles. The standard InChI is InChI=1S/C12H12ClN3O/c1-2-10-7-9(8-11(13)14-10)12(17)15-16-5-3-4-6-16/h3-8H,2H2,1H3,(H,15,17). The molecule has 0 aliphatic rings. The van der Waals surface area contributed by atoms with E-state index in [4.69, 9.17) is 11.6 Å². The maximum Gasteiger partial charge on any atom is 0.270 e. The molecule has 2 heterocycles. The first-order chi connectivity index (χ1) is 8.19. The van der Waals surface area contributed by atoms with Crippen molar-refractivity contribution in [2.75, 3.05) is 5.43 Å². The van der Waals surface area contributed by atoms with E-state index in [0.717, 1.165) is 12.1 Å². The highest BCUT2D eigenvalue weighted by atomic mass is 35.5. The van der Waals surface area contributed by atoms with Crippen molar-refractivity contribution >= 4 is 17.5 Å². The summed E-state index contributed by atoms with van der Waals surface area (Å²) in [7, 11) is 0. The van der Waals surface area contributed by atoms with Gasteiger partial charge in [-0.2, -0.15) is 0 Å². The smallest absolute Gasteiger partial charge is 0.268 e. The van der Waals surface area contributed by atoms with Crippen LogP contribution in [0, 0.1) is 0 Å². The summed E-state index contributed by atoms with van der Waals surface area (Å²) in [4.78, 5) is 16.0. The van der Waals surface area contributed by atoms with Crippen molar-refractivity contribution < 1.29 is 4.79 Å². The zero-order valence-corrected chi connectivity index (χ0v) is 10.1. The fraction of sp³-hybridized carbons (Fsp3) is 0.167. The Morgan fingerprint density at radius 3 is 2.76 bits per heavy atom. The van der Waals surface area contributed by atoms with Crippen LogP contribution in [0.4, 0.5) is 0 Å². The van der Waals surface area contributed by atoms with Crippen LogP contribution < -0.4 is 5.43 Å². The number of rotatable bonds is 3. The van der Waals surface area contributed by atoms with Crippen LogP contribution in [0.2, 0.25) is 5.15 Å². The van der Waals surface area contributed by atoms with Crippen LogP contribution >= 0.6 is 11.6 Å². The summed E-state index contributed by atoms with van der Waals surface area (Å²) in [5, 5.41) is 0.335. The van der Waals surface area contributed by atoms with Crippen LogP contribution in [0.25, 0.3) is 0 Å². The third-order valence-corrected chi connectivity index (χ3v) is 2.50. The minimum atomic E-state index is -0.208. The van der Waals surface area contributed by atoms with Gasteiger partial charge in [0.1, 0.15) is 5.15 Å². The van der Waals surface area contributed by atoms with E-state index < -0.39 is 0 Å². The molecule has 0 aliphatic heterocycles. The average molecular weight is 250 g/mol. The fourth-order valence-electron chi connectivity index (χ4n) is 1.45. The first-order valence-corrected chi connectivity index (χ1v) is 5.67. The van der Waals surface area contributed by atoms with Gasteiger partial charge in [0.15, 0.2) is 0 Å². The molecule has 0 fully saturated rings. The van der Waals surface area contributed by atoms with Gasteiger partial charge in [0.2, 0.25) is 0 Å². The van der Waals surface area contributed by atoms with Crippen LogP contribution in [0.5, 0.6) is 0 Å². The summed E-state index contributed by atoms with van der Waals surface area (Å²) < 4.78 is 1.59. The maximum atomic E-state index is 11.9. The number of nitrogens with zero attached hydrogens (tertiary/aromatic N) is 2. The third-order valence-electron chi connectivity index (χ3n) is 2.31. The molecule has 88 valence electrons. The van der Waals surface area contributed by atoms with Gasteiger partial charge in [-0.25, -0.2) is 4.98 Å². The number of amides is 1. The molecule has 0 atom stereocenters. The molecule has 17 heavy (non-hydrogen) atoms. The van der Waals surface area contributed by atoms with E-state index in [2.05, 4.69) is 10.4 Å². The molecule has 4 nitrogen and oxygen atoms in total. The highest BCUT2D eigenvalue weighted by Crippen LogP contribution is 2.11. The molecular formula is C12H12ClN3O. The average Bonchev–Trinajstić information content (AvgIpc) is 2.81. The molecule has 0 saturated heterocycles. The van der Waals surface area contributed by atoms with Gasteiger partial charge >= 0.3 is 0 Å². The molecule has 1 amide bonds. The van der Waals surface area contributed by atoms with E-state index in [1.54, 1.807) is 29.2 Å². The summed E-state index contributed by atoms with van der Waals surface area (Å²) in [5.74, 6) is -0.208. The Morgan fingerprint density at radius 2 is 2.12 bits per heavy atom. The van der Waals surface area contributed by atoms with Crippen molar-refractivity contribution in [3.8, 4) is 0 Å². The lowest BCUT2D eigenvalue weighted by atomic mass is 10.2. The molecule has 2 aromatic heterocycles. The highest BCUT2D eigenvalue weighted by molar-refractivity contribution is 6.29. The molecule has 2 aromatic rings. The number of nitrogens with one attached hydrogen (secondary N) is 1. The topological polar surface area (TPSA) is 46.9 Å². The normalized spacial score (nSPS) is 10.2. The summed E-state index contributed by atoms with van der Waals surface area (Å²) in [5.41, 5.74) is 4.02. The van der Waals surface area contributed by atoms with E-state index in [9.17, 15) is 4.79 Å². The first kappa shape index (κ1) is 11.7. The Labute approximate surface area is 104 Å². The van der Waals surface area contributed by atoms with Gasteiger partial charge in [0.25, 0.3) is 5.91 Å². The van der Waals surface area contributed by atoms with E-state index in [1.807, 2.05) is 19.1 Å². The van der Waals surface area contributed by atoms with E-state index >= 15 is 0 Å². The van der Waals surface area contributed by atoms with Crippen molar-refractivity contribution in [1.29, 1.82) is 0 Å². The third kappa shape index (κ3) is 2.85. The van der Waals surface area contributed by atoms with Crippen LogP contribution in [0.1, 0.15) is 23.0 Å². The van der Waals surface area contributed by atoms with Gasteiger partial charge in [0, 0.05) is 23.7 Å². The Kier molecular flexibility index (Phi) is 3.44. The molecule has 2 rings (SSSR count). The van der Waals surface area contributed by atoms with Crippen molar-refractivity contribution in [2.45, 2.75) is 13.3 Å². The zero-order chi connectivity index (χ0) is 12.3. The van der Waals surface area contributed by atoms with Crippen molar-refractivity contribution in [2.24, 2.45) is 0 Å². The molecule has 0 aromatic carbocycles. The maximum absolute atomic E-state index is 11.9. The molecule has 1 N–H and O–H groups in total. The van der Waals surface area contributed by atoms with Crippen LogP contribution in [0.15, 0.2) is 36.7 Å². The number of carbonyl (C=O) groups excluding carboxylic acids is 1. The van der Waals surface area contributed by atoms with Gasteiger partial charge in [0.05, 0.1) is 0 Å². The first-order valence-electron chi connectivity index (χ1n) is 5.30. The summed E-state index contributed by atoms with van der Waals surface area (Å²) in [6, 6.07) is 6.96. The number of aromatic nitrogens is 2. The van der Waals surface area contributed by atoms with Gasteiger partial charge in [-0.1, -0.05) is 18.5 Å². The minimum absolute atomic E-state index is 0.208. The molecule has 0 saturated carbocycles. The number of hydrogen-bond acceptors (Lipinski definition) is 2. The molecule has 0 radical (unpaired) electrons. The summed E-state index contributed by atoms with van der Waals surface area (Å²) in [6.07, 6.45) is 4.24. The molecular weight excluding hydrogens is 238 g/mol. The van der Waals surface area contributed by atoms with Gasteiger partial charge in [-0.15, -0.1) is 0 Å². The van der Waals surface area contributed by atoms with Crippen molar-refractivity contribution in [1.82, 2.24) is 9.66 Å². The Bertz CT molecular complexity index is 523. The number of hydrogen-bond donors (Lipinski definition) is 1. The number of aryl methyl sites for hydroxylation is 1. The van der Waals surface area contributed by atoms with Gasteiger partial charge < -0.3 is 0 Å². The molecule has 0 spiro atoms. The Morgan fingerprint density at radius 1 is 1.41 bits per heavy atom. The SMILES string of the molecule is CCc1cc(C(=O)Nn2cccc2)cc(Cl)n1. The molecule has 5 heteroatoms. The second kappa shape index (κ2) is 5.01. The van der Waals surface area contributed by atoms with E-state index in [-0.39, 0.29) is 5.91 Å². The van der Waals surface area contributed by atoms with Crippen molar-refractivity contribution in [3.05, 3.63) is 53.1 Å². The highest BCUT2D eigenvalue weighted by Gasteiger charge is 2.08. The monoisotopic (exact) mass is 249 g/mol. The lowest BCUT2D eigenvalue weighted by Crippen LogP contribution is -2.21. The predicted octanol–water partition coefficient (Wildman–Crippen LogP) is 2.48. The lowest BCUT2D eigenvalue weighted by Gasteiger charge is -2.07. The summed E-state index contributed by atoms with van der Waals surface area (Å²) in [6.45, 7) is 1.96. The fourth-order valence-corrected chi connectivity index (χ4v) is 1.68. The van der Waals surface area contributed by atoms with E-state index in [0.29, 0.717) is 10.7 Å². The Balaban J connectivity index is 2.21. The zero-order valence-electron chi connectivity index (χ0n) is 9.35. The largest absolute Gasteiger partial charge is 0.270 e. The quantitative estimate of drug-likeness (QED) is 0.850. The summed E-state index contributed by atoms with van der Waals surface area (Å²) >= 11 is 5.86. The van der Waals surface area contributed by atoms with Gasteiger partial charge in [-0.3, -0.25) is 14.9 Å². The van der Waals surface area contributed by atoms with Crippen LogP contribution in [-0.4, -0.2) is 15.6 Å². The predicted molar refractivity (Wildman–Crippen MR) is 66.7 cm³/mol. The Hall–Kier alpha value is -1.81. The number of pyridine rings is 1. The minimum Gasteiger partial charge on any atom is -0.268 e. The second-order valence-electron chi connectivity index (χ2n) is 3.55. The lowest BCUT2D eigenvalue weighted by molar-refractivity contribution is 0.101.